The number of carbonyl (C=O) groups is 1. The predicted molar refractivity (Wildman–Crippen MR) is 72.2 cm³/mol. The maximum atomic E-state index is 12.6. The molecule has 0 aliphatic heterocycles. The van der Waals surface area contributed by atoms with E-state index in [1.807, 2.05) is 13.8 Å². The summed E-state index contributed by atoms with van der Waals surface area (Å²) in [6.07, 6.45) is 4.34. The van der Waals surface area contributed by atoms with Crippen LogP contribution >= 0.6 is 7.37 Å². The number of hydrogen-bond donors (Lipinski definition) is 1. The summed E-state index contributed by atoms with van der Waals surface area (Å²) in [6.45, 7) is 6.09. The molecule has 1 fully saturated rings. The SMILES string of the molecule is CCOP(=O)(C/C(=C/C1CC1)C(=O)O)CC(C)C. The van der Waals surface area contributed by atoms with Crippen molar-refractivity contribution in [2.24, 2.45) is 11.8 Å². The summed E-state index contributed by atoms with van der Waals surface area (Å²) in [5, 5.41) is 9.17. The first kappa shape index (κ1) is 15.5. The average Bonchev–Trinajstić information content (AvgIpc) is 2.99. The van der Waals surface area contributed by atoms with Crippen molar-refractivity contribution >= 4 is 13.3 Å². The Bertz CT molecular complexity index is 369. The maximum absolute atomic E-state index is 12.6. The van der Waals surface area contributed by atoms with Gasteiger partial charge in [-0.05, 0) is 31.6 Å². The second-order valence-electron chi connectivity index (χ2n) is 5.30. The van der Waals surface area contributed by atoms with E-state index in [1.165, 1.54) is 0 Å². The molecule has 0 spiro atoms. The van der Waals surface area contributed by atoms with Crippen LogP contribution in [0.25, 0.3) is 0 Å². The Balaban J connectivity index is 2.79. The number of allylic oxidation sites excluding steroid dienone is 1. The molecule has 5 heteroatoms. The highest BCUT2D eigenvalue weighted by molar-refractivity contribution is 7.59. The molecule has 104 valence electrons. The number of carboxylic acids is 1. The molecule has 1 saturated carbocycles. The third-order valence-corrected chi connectivity index (χ3v) is 5.59. The topological polar surface area (TPSA) is 63.6 Å². The van der Waals surface area contributed by atoms with Crippen LogP contribution in [0.15, 0.2) is 11.6 Å². The van der Waals surface area contributed by atoms with Crippen LogP contribution in [0.2, 0.25) is 0 Å². The molecule has 1 atom stereocenters. The van der Waals surface area contributed by atoms with E-state index in [-0.39, 0.29) is 17.7 Å². The zero-order valence-corrected chi connectivity index (χ0v) is 12.3. The Labute approximate surface area is 109 Å². The van der Waals surface area contributed by atoms with E-state index in [4.69, 9.17) is 4.52 Å². The molecule has 0 amide bonds. The van der Waals surface area contributed by atoms with Gasteiger partial charge in [-0.25, -0.2) is 4.79 Å². The second-order valence-corrected chi connectivity index (χ2v) is 7.87. The van der Waals surface area contributed by atoms with Gasteiger partial charge in [0.1, 0.15) is 0 Å². The van der Waals surface area contributed by atoms with Crippen molar-refractivity contribution in [2.45, 2.75) is 33.6 Å². The molecule has 1 aliphatic rings. The van der Waals surface area contributed by atoms with Gasteiger partial charge >= 0.3 is 5.97 Å². The van der Waals surface area contributed by atoms with Crippen LogP contribution in [-0.4, -0.2) is 30.0 Å². The summed E-state index contributed by atoms with van der Waals surface area (Å²) in [5.74, 6) is -0.367. The van der Waals surface area contributed by atoms with Crippen molar-refractivity contribution in [1.82, 2.24) is 0 Å². The molecule has 1 N–H and O–H groups in total. The fourth-order valence-electron chi connectivity index (χ4n) is 1.95. The molecular weight excluding hydrogens is 251 g/mol. The van der Waals surface area contributed by atoms with E-state index in [0.717, 1.165) is 12.8 Å². The van der Waals surface area contributed by atoms with Gasteiger partial charge in [0.05, 0.1) is 12.8 Å². The van der Waals surface area contributed by atoms with Gasteiger partial charge in [-0.3, -0.25) is 4.57 Å². The highest BCUT2D eigenvalue weighted by atomic mass is 31.2. The molecule has 0 radical (unpaired) electrons. The van der Waals surface area contributed by atoms with Gasteiger partial charge in [0.15, 0.2) is 0 Å². The van der Waals surface area contributed by atoms with Gasteiger partial charge in [-0.15, -0.1) is 0 Å². The minimum atomic E-state index is -2.86. The largest absolute Gasteiger partial charge is 0.478 e. The molecule has 1 aliphatic carbocycles. The van der Waals surface area contributed by atoms with E-state index in [0.29, 0.717) is 18.7 Å². The summed E-state index contributed by atoms with van der Waals surface area (Å²) in [6, 6.07) is 0. The molecule has 0 heterocycles. The van der Waals surface area contributed by atoms with Gasteiger partial charge in [-0.1, -0.05) is 19.9 Å². The summed E-state index contributed by atoms with van der Waals surface area (Å²) < 4.78 is 18.0. The van der Waals surface area contributed by atoms with Crippen molar-refractivity contribution in [3.63, 3.8) is 0 Å². The first-order chi connectivity index (χ1) is 8.36. The van der Waals surface area contributed by atoms with Crippen LogP contribution in [0.4, 0.5) is 0 Å². The van der Waals surface area contributed by atoms with Crippen LogP contribution in [0.5, 0.6) is 0 Å². The lowest BCUT2D eigenvalue weighted by Gasteiger charge is -2.20. The van der Waals surface area contributed by atoms with Gasteiger partial charge in [0.25, 0.3) is 0 Å². The average molecular weight is 274 g/mol. The van der Waals surface area contributed by atoms with Gasteiger partial charge in [0.2, 0.25) is 7.37 Å². The van der Waals surface area contributed by atoms with Gasteiger partial charge in [0, 0.05) is 11.7 Å². The van der Waals surface area contributed by atoms with Crippen LogP contribution in [0.1, 0.15) is 33.6 Å². The summed E-state index contributed by atoms with van der Waals surface area (Å²) in [7, 11) is -2.86. The minimum absolute atomic E-state index is 0.0604. The van der Waals surface area contributed by atoms with Crippen LogP contribution in [0, 0.1) is 11.8 Å². The smallest absolute Gasteiger partial charge is 0.331 e. The molecular formula is C13H23O4P. The highest BCUT2D eigenvalue weighted by Crippen LogP contribution is 2.50. The number of carboxylic acid groups (broad SMARTS) is 1. The normalized spacial score (nSPS) is 19.9. The molecule has 0 saturated heterocycles. The van der Waals surface area contributed by atoms with Crippen LogP contribution in [0.3, 0.4) is 0 Å². The van der Waals surface area contributed by atoms with Crippen LogP contribution < -0.4 is 0 Å². The predicted octanol–water partition coefficient (Wildman–Crippen LogP) is 3.38. The number of hydrogen-bond acceptors (Lipinski definition) is 3. The van der Waals surface area contributed by atoms with E-state index in [1.54, 1.807) is 13.0 Å². The van der Waals surface area contributed by atoms with Crippen molar-refractivity contribution in [3.05, 3.63) is 11.6 Å². The molecule has 0 aromatic heterocycles. The lowest BCUT2D eigenvalue weighted by Crippen LogP contribution is -2.12. The lowest BCUT2D eigenvalue weighted by atomic mass is 10.2. The van der Waals surface area contributed by atoms with E-state index < -0.39 is 13.3 Å². The molecule has 0 aromatic carbocycles. The Morgan fingerprint density at radius 3 is 2.50 bits per heavy atom. The standard InChI is InChI=1S/C13H23O4P/c1-4-17-18(16,8-10(2)3)9-12(13(14)15)7-11-5-6-11/h7,10-11H,4-6,8-9H2,1-3H3,(H,14,15)/b12-7-. The minimum Gasteiger partial charge on any atom is -0.478 e. The Kier molecular flexibility index (Phi) is 5.61. The van der Waals surface area contributed by atoms with Crippen molar-refractivity contribution < 1.29 is 19.0 Å². The molecule has 1 unspecified atom stereocenters. The van der Waals surface area contributed by atoms with E-state index >= 15 is 0 Å². The third-order valence-electron chi connectivity index (χ3n) is 2.75. The van der Waals surface area contributed by atoms with Crippen LogP contribution in [-0.2, 0) is 13.9 Å². The zero-order chi connectivity index (χ0) is 13.8. The summed E-state index contributed by atoms with van der Waals surface area (Å²) in [4.78, 5) is 11.2. The number of rotatable bonds is 8. The lowest BCUT2D eigenvalue weighted by molar-refractivity contribution is -0.132. The Morgan fingerprint density at radius 2 is 2.11 bits per heavy atom. The van der Waals surface area contributed by atoms with Gasteiger partial charge < -0.3 is 9.63 Å². The van der Waals surface area contributed by atoms with E-state index in [9.17, 15) is 14.5 Å². The molecule has 0 aromatic rings. The quantitative estimate of drug-likeness (QED) is 0.544. The fraction of sp³-hybridized carbons (Fsp3) is 0.769. The maximum Gasteiger partial charge on any atom is 0.331 e. The third kappa shape index (κ3) is 5.36. The Morgan fingerprint density at radius 1 is 1.50 bits per heavy atom. The van der Waals surface area contributed by atoms with Crippen molar-refractivity contribution in [1.29, 1.82) is 0 Å². The Hall–Kier alpha value is -0.600. The summed E-state index contributed by atoms with van der Waals surface area (Å²) in [5.41, 5.74) is 0.259. The summed E-state index contributed by atoms with van der Waals surface area (Å²) >= 11 is 0. The molecule has 4 nitrogen and oxygen atoms in total. The van der Waals surface area contributed by atoms with Gasteiger partial charge in [-0.2, -0.15) is 0 Å². The zero-order valence-electron chi connectivity index (χ0n) is 11.4. The fourth-order valence-corrected chi connectivity index (χ4v) is 4.62. The number of aliphatic carboxylic acids is 1. The highest BCUT2D eigenvalue weighted by Gasteiger charge is 2.30. The van der Waals surface area contributed by atoms with Crippen molar-refractivity contribution in [2.75, 3.05) is 18.9 Å². The monoisotopic (exact) mass is 274 g/mol. The van der Waals surface area contributed by atoms with Crippen molar-refractivity contribution in [3.8, 4) is 0 Å². The molecule has 1 rings (SSSR count). The van der Waals surface area contributed by atoms with E-state index in [2.05, 4.69) is 0 Å². The first-order valence-corrected chi connectivity index (χ1v) is 8.52. The molecule has 0 bridgehead atoms. The second kappa shape index (κ2) is 6.53. The molecule has 18 heavy (non-hydrogen) atoms. The first-order valence-electron chi connectivity index (χ1n) is 6.53.